The van der Waals surface area contributed by atoms with E-state index >= 15 is 0 Å². The highest BCUT2D eigenvalue weighted by Gasteiger charge is 2.25. The van der Waals surface area contributed by atoms with Crippen molar-refractivity contribution < 1.29 is 0 Å². The van der Waals surface area contributed by atoms with Crippen molar-refractivity contribution in [2.24, 2.45) is 0 Å². The van der Waals surface area contributed by atoms with Gasteiger partial charge in [-0.1, -0.05) is 127 Å². The molecule has 342 valence electrons. The summed E-state index contributed by atoms with van der Waals surface area (Å²) in [6.07, 6.45) is 13.0. The van der Waals surface area contributed by atoms with Crippen LogP contribution in [-0.4, -0.2) is 28.2 Å². The van der Waals surface area contributed by atoms with Gasteiger partial charge >= 0.3 is 0 Å². The van der Waals surface area contributed by atoms with Crippen molar-refractivity contribution in [1.29, 1.82) is 0 Å². The quantitative estimate of drug-likeness (QED) is 0.162. The Bertz CT molecular complexity index is 4950. The van der Waals surface area contributed by atoms with Crippen LogP contribution in [0, 0.1) is 19.3 Å². The molecule has 1 aliphatic carbocycles. The monoisotopic (exact) mass is 932 g/mol. The molecule has 0 spiro atoms. The van der Waals surface area contributed by atoms with E-state index in [2.05, 4.69) is 247 Å². The van der Waals surface area contributed by atoms with Gasteiger partial charge < -0.3 is 28.2 Å². The molecule has 2 N–H and O–H groups in total. The zero-order valence-corrected chi connectivity index (χ0v) is 39.9. The Labute approximate surface area is 419 Å². The molecule has 16 rings (SSSR count). The fourth-order valence-corrected chi connectivity index (χ4v) is 12.9. The van der Waals surface area contributed by atoms with Gasteiger partial charge in [0.1, 0.15) is 0 Å². The average Bonchev–Trinajstić information content (AvgIpc) is 4.30. The summed E-state index contributed by atoms with van der Waals surface area (Å²) in [6.45, 7) is 2.21. The van der Waals surface area contributed by atoms with Crippen LogP contribution in [0.3, 0.4) is 0 Å². The van der Waals surface area contributed by atoms with Gasteiger partial charge in [0.25, 0.3) is 0 Å². The van der Waals surface area contributed by atoms with Crippen molar-refractivity contribution in [3.05, 3.63) is 223 Å². The second-order valence-electron chi connectivity index (χ2n) is 19.7. The lowest BCUT2D eigenvalue weighted by Crippen LogP contribution is -2.00. The number of aromatic nitrogens is 6. The summed E-state index contributed by atoms with van der Waals surface area (Å²) in [7, 11) is 0. The maximum Gasteiger partial charge on any atom is 0.0648 e. The van der Waals surface area contributed by atoms with E-state index in [0.717, 1.165) is 90.9 Å². The number of allylic oxidation sites excluding steroid dienone is 1. The smallest absolute Gasteiger partial charge is 0.0648 e. The molecule has 6 nitrogen and oxygen atoms in total. The Morgan fingerprint density at radius 2 is 0.959 bits per heavy atom. The van der Waals surface area contributed by atoms with E-state index in [1.165, 1.54) is 76.5 Å². The zero-order chi connectivity index (χ0) is 48.1. The maximum absolute atomic E-state index is 6.27. The van der Waals surface area contributed by atoms with Crippen LogP contribution in [0.15, 0.2) is 200 Å². The van der Waals surface area contributed by atoms with Gasteiger partial charge in [0.05, 0.1) is 55.4 Å². The van der Waals surface area contributed by atoms with Gasteiger partial charge in [-0.2, -0.15) is 0 Å². The van der Waals surface area contributed by atoms with Crippen molar-refractivity contribution in [3.8, 4) is 46.4 Å². The van der Waals surface area contributed by atoms with Crippen LogP contribution in [0.25, 0.3) is 138 Å². The summed E-state index contributed by atoms with van der Waals surface area (Å²) in [5, 5.41) is 10.9. The van der Waals surface area contributed by atoms with E-state index in [-0.39, 0.29) is 0 Å². The zero-order valence-electron chi connectivity index (χ0n) is 39.9. The van der Waals surface area contributed by atoms with E-state index in [1.807, 2.05) is 0 Å². The van der Waals surface area contributed by atoms with Crippen LogP contribution in [0.4, 0.5) is 0 Å². The molecule has 9 aromatic carbocycles. The van der Waals surface area contributed by atoms with Crippen molar-refractivity contribution in [3.63, 3.8) is 0 Å². The summed E-state index contributed by atoms with van der Waals surface area (Å²) < 4.78 is 9.76. The van der Waals surface area contributed by atoms with Crippen molar-refractivity contribution in [1.82, 2.24) is 28.2 Å². The van der Waals surface area contributed by atoms with Crippen molar-refractivity contribution in [2.75, 3.05) is 0 Å². The Morgan fingerprint density at radius 1 is 0.438 bits per heavy atom. The summed E-state index contributed by atoms with van der Waals surface area (Å²) >= 11 is 0. The second-order valence-corrected chi connectivity index (χ2v) is 19.7. The van der Waals surface area contributed by atoms with Crippen LogP contribution >= 0.6 is 0 Å². The van der Waals surface area contributed by atoms with Crippen LogP contribution in [0.2, 0.25) is 0 Å². The summed E-state index contributed by atoms with van der Waals surface area (Å²) in [5.74, 6) is 3.04. The molecule has 0 saturated heterocycles. The van der Waals surface area contributed by atoms with Gasteiger partial charge in [-0.3, -0.25) is 0 Å². The standard InChI is InChI=1S/C67H44N6/c1-3-45-46-22-4-10-28-55(46)68-66(45)64-40(2)70(59-32-14-8-26-51(59)64)41-18-16-20-43(36-41)72-57-30-12-6-24-48(57)53-39-63-54(38-62(53)72)49-25-7-13-31-58(49)73(63)44-21-17-19-42(37-44)71-60-33-15-9-27-52(60)65-61(71)35-34-50-47-23-5-11-29-56(47)69-67(50)65/h1,4-10,12-28,30-39,68-69H,11,29H2,2H3. The van der Waals surface area contributed by atoms with E-state index < -0.39 is 0 Å². The lowest BCUT2D eigenvalue weighted by atomic mass is 10.0. The van der Waals surface area contributed by atoms with Gasteiger partial charge in [0.15, 0.2) is 0 Å². The second kappa shape index (κ2) is 14.9. The van der Waals surface area contributed by atoms with Crippen LogP contribution in [-0.2, 0) is 6.42 Å². The summed E-state index contributed by atoms with van der Waals surface area (Å²) in [6, 6.07) is 71.1. The first-order chi connectivity index (χ1) is 36.1. The number of benzene rings is 9. The van der Waals surface area contributed by atoms with Gasteiger partial charge in [0, 0.05) is 99.3 Å². The molecule has 0 unspecified atom stereocenters. The van der Waals surface area contributed by atoms with Gasteiger partial charge in [-0.15, -0.1) is 6.42 Å². The van der Waals surface area contributed by atoms with E-state index in [9.17, 15) is 0 Å². The Morgan fingerprint density at radius 3 is 1.59 bits per heavy atom. The molecule has 6 heterocycles. The molecule has 6 heteroatoms. The SMILES string of the molecule is C#Cc1c(-c2c(C)n(-c3cccc(-n4c5ccccc5c5cc6c(cc54)c4ccccc4n6-c4cccc(-n5c6ccccc6c6c7[nH]c8c(c7ccc65)C=CCC8)c4)c3)c3ccccc23)[nH]c2ccccc12. The molecular formula is C67H44N6. The number of nitrogens with one attached hydrogen (secondary N) is 2. The largest absolute Gasteiger partial charge is 0.357 e. The Balaban J connectivity index is 0.886. The van der Waals surface area contributed by atoms with Crippen molar-refractivity contribution >= 4 is 104 Å². The maximum atomic E-state index is 6.27. The Kier molecular flexibility index (Phi) is 8.19. The first-order valence-corrected chi connectivity index (χ1v) is 25.2. The number of para-hydroxylation sites is 5. The first-order valence-electron chi connectivity index (χ1n) is 25.2. The predicted molar refractivity (Wildman–Crippen MR) is 305 cm³/mol. The first kappa shape index (κ1) is 40.1. The average molecular weight is 933 g/mol. The normalized spacial score (nSPS) is 12.8. The fraction of sp³-hybridized carbons (Fsp3) is 0.0448. The number of terminal acetylenes is 1. The number of fused-ring (bicyclic) bond motifs is 15. The van der Waals surface area contributed by atoms with Crippen LogP contribution in [0.1, 0.15) is 28.9 Å². The lowest BCUT2D eigenvalue weighted by molar-refractivity contribution is 0.951. The number of hydrogen-bond acceptors (Lipinski definition) is 0. The Hall–Kier alpha value is -9.70. The molecule has 0 amide bonds. The van der Waals surface area contributed by atoms with Gasteiger partial charge in [0.2, 0.25) is 0 Å². The number of aryl methyl sites for hydroxylation is 1. The van der Waals surface area contributed by atoms with Crippen LogP contribution < -0.4 is 0 Å². The minimum atomic E-state index is 0.887. The molecule has 15 aromatic rings. The number of H-pyrrole nitrogens is 2. The number of rotatable bonds is 5. The molecule has 73 heavy (non-hydrogen) atoms. The third kappa shape index (κ3) is 5.48. The molecule has 0 bridgehead atoms. The summed E-state index contributed by atoms with van der Waals surface area (Å²) in [5.41, 5.74) is 21.6. The summed E-state index contributed by atoms with van der Waals surface area (Å²) in [4.78, 5) is 7.59. The number of nitrogens with zero attached hydrogens (tertiary/aromatic N) is 4. The molecule has 0 fully saturated rings. The highest BCUT2D eigenvalue weighted by Crippen LogP contribution is 2.44. The highest BCUT2D eigenvalue weighted by atomic mass is 15.0. The van der Waals surface area contributed by atoms with E-state index in [0.29, 0.717) is 0 Å². The molecule has 0 atom stereocenters. The molecular weight excluding hydrogens is 889 g/mol. The minimum Gasteiger partial charge on any atom is -0.357 e. The van der Waals surface area contributed by atoms with Crippen molar-refractivity contribution in [2.45, 2.75) is 19.8 Å². The van der Waals surface area contributed by atoms with E-state index in [1.54, 1.807) is 0 Å². The molecule has 1 aliphatic rings. The van der Waals surface area contributed by atoms with Gasteiger partial charge in [-0.05, 0) is 105 Å². The molecule has 0 saturated carbocycles. The topological polar surface area (TPSA) is 51.3 Å². The lowest BCUT2D eigenvalue weighted by Gasteiger charge is -2.14. The third-order valence-corrected chi connectivity index (χ3v) is 15.9. The molecule has 6 aromatic heterocycles. The highest BCUT2D eigenvalue weighted by molar-refractivity contribution is 6.22. The van der Waals surface area contributed by atoms with Crippen LogP contribution in [0.5, 0.6) is 0 Å². The minimum absolute atomic E-state index is 0.887. The fourth-order valence-electron chi connectivity index (χ4n) is 12.9. The van der Waals surface area contributed by atoms with E-state index in [4.69, 9.17) is 6.42 Å². The van der Waals surface area contributed by atoms with Gasteiger partial charge in [-0.25, -0.2) is 0 Å². The molecule has 0 aliphatic heterocycles. The predicted octanol–water partition coefficient (Wildman–Crippen LogP) is 16.8. The number of hydrogen-bond donors (Lipinski definition) is 2. The molecule has 0 radical (unpaired) electrons. The number of aromatic amines is 2. The third-order valence-electron chi connectivity index (χ3n) is 15.9.